The van der Waals surface area contributed by atoms with Gasteiger partial charge in [0, 0.05) is 10.0 Å². The molecule has 0 aliphatic rings. The minimum absolute atomic E-state index is 0.0795. The van der Waals surface area contributed by atoms with Gasteiger partial charge in [0.15, 0.2) is 6.29 Å². The number of aldehydes is 1. The Bertz CT molecular complexity index is 569. The van der Waals surface area contributed by atoms with Crippen LogP contribution in [-0.2, 0) is 6.61 Å². The van der Waals surface area contributed by atoms with Crippen molar-refractivity contribution in [2.45, 2.75) is 6.61 Å². The van der Waals surface area contributed by atoms with Crippen molar-refractivity contribution in [2.24, 2.45) is 0 Å². The predicted octanol–water partition coefficient (Wildman–Crippen LogP) is 3.98. The molecule has 2 aromatic carbocycles. The zero-order valence-corrected chi connectivity index (χ0v) is 11.0. The molecule has 0 amide bonds. The number of hydrogen-bond donors (Lipinski definition) is 0. The van der Waals surface area contributed by atoms with E-state index in [0.717, 1.165) is 4.47 Å². The summed E-state index contributed by atoms with van der Waals surface area (Å²) in [6.45, 7) is 0.0795. The van der Waals surface area contributed by atoms with Crippen LogP contribution in [0.25, 0.3) is 0 Å². The lowest BCUT2D eigenvalue weighted by Crippen LogP contribution is -2.00. The van der Waals surface area contributed by atoms with Gasteiger partial charge >= 0.3 is 0 Å². The molecule has 2 rings (SSSR count). The van der Waals surface area contributed by atoms with Crippen LogP contribution in [0.2, 0.25) is 0 Å². The van der Waals surface area contributed by atoms with Crippen molar-refractivity contribution >= 4 is 22.2 Å². The molecule has 2 aromatic rings. The molecule has 0 saturated carbocycles. The summed E-state index contributed by atoms with van der Waals surface area (Å²) in [6.07, 6.45) is 0.715. The minimum Gasteiger partial charge on any atom is -0.488 e. The van der Waals surface area contributed by atoms with Crippen LogP contribution in [0.3, 0.4) is 0 Å². The first kappa shape index (κ1) is 12.8. The van der Waals surface area contributed by atoms with Gasteiger partial charge in [-0.05, 0) is 30.3 Å². The lowest BCUT2D eigenvalue weighted by molar-refractivity contribution is 0.111. The van der Waals surface area contributed by atoms with Crippen molar-refractivity contribution in [1.82, 2.24) is 0 Å². The zero-order valence-electron chi connectivity index (χ0n) is 9.40. The molecule has 0 aliphatic carbocycles. The van der Waals surface area contributed by atoms with Gasteiger partial charge in [-0.1, -0.05) is 28.1 Å². The van der Waals surface area contributed by atoms with Crippen LogP contribution < -0.4 is 4.74 Å². The van der Waals surface area contributed by atoms with Crippen LogP contribution in [0.5, 0.6) is 5.75 Å². The SMILES string of the molecule is O=Cc1ccccc1OCc1cc(Br)ccc1F. The van der Waals surface area contributed by atoms with E-state index in [0.29, 0.717) is 23.2 Å². The Balaban J connectivity index is 2.16. The topological polar surface area (TPSA) is 26.3 Å². The summed E-state index contributed by atoms with van der Waals surface area (Å²) in [4.78, 5) is 10.8. The van der Waals surface area contributed by atoms with Crippen molar-refractivity contribution in [3.8, 4) is 5.75 Å². The minimum atomic E-state index is -0.332. The smallest absolute Gasteiger partial charge is 0.153 e. The number of hydrogen-bond acceptors (Lipinski definition) is 2. The highest BCUT2D eigenvalue weighted by Gasteiger charge is 2.06. The number of benzene rings is 2. The summed E-state index contributed by atoms with van der Waals surface area (Å²) in [5.41, 5.74) is 0.887. The number of ether oxygens (including phenoxy) is 1. The van der Waals surface area contributed by atoms with E-state index in [-0.39, 0.29) is 12.4 Å². The van der Waals surface area contributed by atoms with Gasteiger partial charge in [-0.25, -0.2) is 4.39 Å². The fraction of sp³-hybridized carbons (Fsp3) is 0.0714. The van der Waals surface area contributed by atoms with Gasteiger partial charge in [-0.15, -0.1) is 0 Å². The first-order valence-electron chi connectivity index (χ1n) is 5.31. The van der Waals surface area contributed by atoms with Crippen molar-refractivity contribution in [3.63, 3.8) is 0 Å². The maximum Gasteiger partial charge on any atom is 0.153 e. The molecule has 0 N–H and O–H groups in total. The second-order valence-electron chi connectivity index (χ2n) is 3.68. The van der Waals surface area contributed by atoms with Gasteiger partial charge in [0.2, 0.25) is 0 Å². The maximum absolute atomic E-state index is 13.5. The number of carbonyl (C=O) groups excluding carboxylic acids is 1. The molecule has 18 heavy (non-hydrogen) atoms. The number of halogens is 2. The van der Waals surface area contributed by atoms with E-state index in [1.54, 1.807) is 36.4 Å². The summed E-state index contributed by atoms with van der Waals surface area (Å²) in [7, 11) is 0. The first-order chi connectivity index (χ1) is 8.70. The van der Waals surface area contributed by atoms with Crippen LogP contribution >= 0.6 is 15.9 Å². The highest BCUT2D eigenvalue weighted by atomic mass is 79.9. The molecule has 0 spiro atoms. The van der Waals surface area contributed by atoms with E-state index < -0.39 is 0 Å². The molecular weight excluding hydrogens is 299 g/mol. The average Bonchev–Trinajstić information content (AvgIpc) is 2.40. The molecule has 0 unspecified atom stereocenters. The molecule has 0 aromatic heterocycles. The fourth-order valence-corrected chi connectivity index (χ4v) is 1.93. The standard InChI is InChI=1S/C14H10BrFO2/c15-12-5-6-13(16)11(7-12)9-18-14-4-2-1-3-10(14)8-17/h1-8H,9H2. The van der Waals surface area contributed by atoms with E-state index in [9.17, 15) is 9.18 Å². The van der Waals surface area contributed by atoms with Gasteiger partial charge in [0.05, 0.1) is 5.56 Å². The summed E-state index contributed by atoms with van der Waals surface area (Å²) >= 11 is 3.27. The highest BCUT2D eigenvalue weighted by Crippen LogP contribution is 2.20. The molecule has 0 saturated heterocycles. The molecule has 0 fully saturated rings. The van der Waals surface area contributed by atoms with E-state index in [1.165, 1.54) is 6.07 Å². The highest BCUT2D eigenvalue weighted by molar-refractivity contribution is 9.10. The van der Waals surface area contributed by atoms with Crippen LogP contribution in [0.1, 0.15) is 15.9 Å². The normalized spacial score (nSPS) is 10.1. The molecule has 92 valence electrons. The Morgan fingerprint density at radius 3 is 2.78 bits per heavy atom. The van der Waals surface area contributed by atoms with Gasteiger partial charge < -0.3 is 4.74 Å². The third-order valence-electron chi connectivity index (χ3n) is 2.44. The van der Waals surface area contributed by atoms with Crippen LogP contribution in [0, 0.1) is 5.82 Å². The van der Waals surface area contributed by atoms with Gasteiger partial charge in [0.1, 0.15) is 18.2 Å². The van der Waals surface area contributed by atoms with E-state index in [4.69, 9.17) is 4.74 Å². The third kappa shape index (κ3) is 2.96. The number of rotatable bonds is 4. The Morgan fingerprint density at radius 2 is 2.00 bits per heavy atom. The molecule has 4 heteroatoms. The molecule has 0 bridgehead atoms. The molecule has 0 atom stereocenters. The first-order valence-corrected chi connectivity index (χ1v) is 6.11. The largest absolute Gasteiger partial charge is 0.488 e. The monoisotopic (exact) mass is 308 g/mol. The Morgan fingerprint density at radius 1 is 1.22 bits per heavy atom. The molecule has 0 aliphatic heterocycles. The van der Waals surface area contributed by atoms with Crippen molar-refractivity contribution in [3.05, 3.63) is 63.9 Å². The van der Waals surface area contributed by atoms with E-state index in [1.807, 2.05) is 0 Å². The van der Waals surface area contributed by atoms with Gasteiger partial charge in [0.25, 0.3) is 0 Å². The van der Waals surface area contributed by atoms with Crippen LogP contribution in [0.4, 0.5) is 4.39 Å². The molecule has 0 radical (unpaired) electrons. The van der Waals surface area contributed by atoms with E-state index >= 15 is 0 Å². The van der Waals surface area contributed by atoms with Crippen molar-refractivity contribution in [2.75, 3.05) is 0 Å². The number of carbonyl (C=O) groups is 1. The fourth-order valence-electron chi connectivity index (χ4n) is 1.52. The number of para-hydroxylation sites is 1. The molecular formula is C14H10BrFO2. The predicted molar refractivity (Wildman–Crippen MR) is 70.3 cm³/mol. The molecule has 0 heterocycles. The Kier molecular flexibility index (Phi) is 4.10. The second-order valence-corrected chi connectivity index (χ2v) is 4.60. The average molecular weight is 309 g/mol. The quantitative estimate of drug-likeness (QED) is 0.799. The van der Waals surface area contributed by atoms with Gasteiger partial charge in [-0.2, -0.15) is 0 Å². The third-order valence-corrected chi connectivity index (χ3v) is 2.93. The zero-order chi connectivity index (χ0) is 13.0. The van der Waals surface area contributed by atoms with Crippen molar-refractivity contribution < 1.29 is 13.9 Å². The van der Waals surface area contributed by atoms with Crippen LogP contribution in [-0.4, -0.2) is 6.29 Å². The lowest BCUT2D eigenvalue weighted by atomic mass is 10.2. The van der Waals surface area contributed by atoms with Crippen LogP contribution in [0.15, 0.2) is 46.9 Å². The van der Waals surface area contributed by atoms with Crippen molar-refractivity contribution in [1.29, 1.82) is 0 Å². The summed E-state index contributed by atoms with van der Waals surface area (Å²) in [5.74, 6) is 0.119. The summed E-state index contributed by atoms with van der Waals surface area (Å²) in [5, 5.41) is 0. The maximum atomic E-state index is 13.5. The summed E-state index contributed by atoms with van der Waals surface area (Å²) < 4.78 is 19.7. The molecule has 2 nitrogen and oxygen atoms in total. The lowest BCUT2D eigenvalue weighted by Gasteiger charge is -2.09. The Hall–Kier alpha value is -1.68. The Labute approximate surface area is 113 Å². The van der Waals surface area contributed by atoms with Gasteiger partial charge in [-0.3, -0.25) is 4.79 Å². The van der Waals surface area contributed by atoms with E-state index in [2.05, 4.69) is 15.9 Å². The summed E-state index contributed by atoms with van der Waals surface area (Å²) in [6, 6.07) is 11.5. The second kappa shape index (κ2) is 5.78.